The van der Waals surface area contributed by atoms with Gasteiger partial charge in [-0.05, 0) is 43.2 Å². The van der Waals surface area contributed by atoms with Gasteiger partial charge in [0, 0.05) is 23.2 Å². The Morgan fingerprint density at radius 1 is 1.12 bits per heavy atom. The fourth-order valence-corrected chi connectivity index (χ4v) is 3.22. The Balaban J connectivity index is 1.50. The van der Waals surface area contributed by atoms with E-state index in [2.05, 4.69) is 33.6 Å². The number of thiazole rings is 1. The van der Waals surface area contributed by atoms with Crippen LogP contribution >= 0.6 is 11.3 Å². The standard InChI is InChI=1S/C18H15FN4S/c19-14-8-6-13(7-9-14)16-12-24-18(20-16)21-17-10-11-23(22-17)15-4-2-1-3-5-15/h2,4-12H,1,3H2,(H,20,21,22). The maximum Gasteiger partial charge on any atom is 0.188 e. The lowest BCUT2D eigenvalue weighted by atomic mass is 10.1. The predicted molar refractivity (Wildman–Crippen MR) is 95.7 cm³/mol. The molecule has 0 saturated heterocycles. The second-order valence-electron chi connectivity index (χ2n) is 5.42. The van der Waals surface area contributed by atoms with Gasteiger partial charge < -0.3 is 5.32 Å². The Kier molecular flexibility index (Phi) is 3.96. The number of hydrogen-bond donors (Lipinski definition) is 1. The highest BCUT2D eigenvalue weighted by Gasteiger charge is 2.08. The van der Waals surface area contributed by atoms with Gasteiger partial charge in [0.25, 0.3) is 0 Å². The number of anilines is 2. The lowest BCUT2D eigenvalue weighted by Crippen LogP contribution is -1.99. The van der Waals surface area contributed by atoms with Gasteiger partial charge in [-0.15, -0.1) is 11.3 Å². The molecule has 0 aliphatic heterocycles. The van der Waals surface area contributed by atoms with E-state index in [0.717, 1.165) is 40.7 Å². The van der Waals surface area contributed by atoms with Crippen molar-refractivity contribution in [3.8, 4) is 11.3 Å². The summed E-state index contributed by atoms with van der Waals surface area (Å²) in [5, 5.41) is 10.4. The van der Waals surface area contributed by atoms with Crippen molar-refractivity contribution in [3.05, 3.63) is 66.0 Å². The molecule has 1 aliphatic rings. The zero-order chi connectivity index (χ0) is 16.4. The van der Waals surface area contributed by atoms with Crippen LogP contribution in [0, 0.1) is 5.82 Å². The highest BCUT2D eigenvalue weighted by molar-refractivity contribution is 7.14. The van der Waals surface area contributed by atoms with E-state index in [9.17, 15) is 4.39 Å². The summed E-state index contributed by atoms with van der Waals surface area (Å²) in [6.07, 6.45) is 10.5. The molecule has 0 radical (unpaired) electrons. The van der Waals surface area contributed by atoms with Gasteiger partial charge >= 0.3 is 0 Å². The van der Waals surface area contributed by atoms with Gasteiger partial charge in [-0.1, -0.05) is 12.2 Å². The van der Waals surface area contributed by atoms with Crippen molar-refractivity contribution < 1.29 is 4.39 Å². The second-order valence-corrected chi connectivity index (χ2v) is 6.28. The van der Waals surface area contributed by atoms with Crippen molar-refractivity contribution in [1.82, 2.24) is 14.8 Å². The summed E-state index contributed by atoms with van der Waals surface area (Å²) in [5.41, 5.74) is 2.80. The molecule has 0 atom stereocenters. The zero-order valence-corrected chi connectivity index (χ0v) is 13.6. The molecule has 24 heavy (non-hydrogen) atoms. The van der Waals surface area contributed by atoms with E-state index in [4.69, 9.17) is 0 Å². The Morgan fingerprint density at radius 2 is 2.00 bits per heavy atom. The molecule has 1 N–H and O–H groups in total. The molecule has 6 heteroatoms. The molecule has 0 unspecified atom stereocenters. The van der Waals surface area contributed by atoms with E-state index in [-0.39, 0.29) is 5.82 Å². The normalized spacial score (nSPS) is 13.8. The number of nitrogens with zero attached hydrogens (tertiary/aromatic N) is 3. The average Bonchev–Trinajstić information content (AvgIpc) is 3.27. The minimum absolute atomic E-state index is 0.246. The van der Waals surface area contributed by atoms with Gasteiger partial charge in [0.05, 0.1) is 11.4 Å². The van der Waals surface area contributed by atoms with Crippen LogP contribution in [0.3, 0.4) is 0 Å². The zero-order valence-electron chi connectivity index (χ0n) is 12.8. The molecule has 4 rings (SSSR count). The van der Waals surface area contributed by atoms with Crippen LogP contribution in [0.5, 0.6) is 0 Å². The molecule has 1 aromatic carbocycles. The molecular weight excluding hydrogens is 323 g/mol. The molecule has 120 valence electrons. The van der Waals surface area contributed by atoms with Crippen molar-refractivity contribution >= 4 is 28.0 Å². The summed E-state index contributed by atoms with van der Waals surface area (Å²) in [5.74, 6) is 0.499. The summed E-state index contributed by atoms with van der Waals surface area (Å²) < 4.78 is 14.9. The molecule has 1 aliphatic carbocycles. The van der Waals surface area contributed by atoms with Crippen molar-refractivity contribution in [2.45, 2.75) is 12.8 Å². The highest BCUT2D eigenvalue weighted by Crippen LogP contribution is 2.27. The molecule has 2 heterocycles. The van der Waals surface area contributed by atoms with E-state index in [1.54, 1.807) is 12.1 Å². The third-order valence-electron chi connectivity index (χ3n) is 3.71. The summed E-state index contributed by atoms with van der Waals surface area (Å²) in [4.78, 5) is 4.53. The van der Waals surface area contributed by atoms with Gasteiger partial charge in [-0.2, -0.15) is 5.10 Å². The minimum Gasteiger partial charge on any atom is -0.315 e. The van der Waals surface area contributed by atoms with Crippen LogP contribution in [-0.2, 0) is 0 Å². The fraction of sp³-hybridized carbons (Fsp3) is 0.111. The van der Waals surface area contributed by atoms with E-state index < -0.39 is 0 Å². The molecule has 0 bridgehead atoms. The first kappa shape index (κ1) is 14.8. The van der Waals surface area contributed by atoms with Crippen molar-refractivity contribution in [2.24, 2.45) is 0 Å². The monoisotopic (exact) mass is 338 g/mol. The van der Waals surface area contributed by atoms with Crippen LogP contribution in [0.1, 0.15) is 12.8 Å². The van der Waals surface area contributed by atoms with Crippen LogP contribution in [0.2, 0.25) is 0 Å². The molecular formula is C18H15FN4S. The lowest BCUT2D eigenvalue weighted by Gasteiger charge is -2.06. The summed E-state index contributed by atoms with van der Waals surface area (Å²) in [6.45, 7) is 0. The largest absolute Gasteiger partial charge is 0.315 e. The molecule has 2 aromatic heterocycles. The molecule has 0 fully saturated rings. The summed E-state index contributed by atoms with van der Waals surface area (Å²) >= 11 is 1.49. The van der Waals surface area contributed by atoms with Gasteiger partial charge in [-0.3, -0.25) is 0 Å². The summed E-state index contributed by atoms with van der Waals surface area (Å²) in [6, 6.07) is 8.25. The number of halogens is 1. The molecule has 0 saturated carbocycles. The van der Waals surface area contributed by atoms with Crippen LogP contribution in [0.25, 0.3) is 17.0 Å². The Hall–Kier alpha value is -2.73. The number of allylic oxidation sites excluding steroid dienone is 4. The molecule has 4 nitrogen and oxygen atoms in total. The van der Waals surface area contributed by atoms with Gasteiger partial charge in [0.2, 0.25) is 0 Å². The van der Waals surface area contributed by atoms with Gasteiger partial charge in [0.1, 0.15) is 5.82 Å². The topological polar surface area (TPSA) is 42.7 Å². The maximum absolute atomic E-state index is 13.0. The van der Waals surface area contributed by atoms with Gasteiger partial charge in [-0.25, -0.2) is 14.1 Å². The quantitative estimate of drug-likeness (QED) is 0.721. The Labute approximate surface area is 143 Å². The van der Waals surface area contributed by atoms with E-state index in [1.807, 2.05) is 22.3 Å². The number of aromatic nitrogens is 3. The third-order valence-corrected chi connectivity index (χ3v) is 4.47. The van der Waals surface area contributed by atoms with E-state index in [0.29, 0.717) is 0 Å². The van der Waals surface area contributed by atoms with Crippen LogP contribution in [-0.4, -0.2) is 14.8 Å². The van der Waals surface area contributed by atoms with Crippen molar-refractivity contribution in [2.75, 3.05) is 5.32 Å². The van der Waals surface area contributed by atoms with Crippen LogP contribution in [0.4, 0.5) is 15.3 Å². The van der Waals surface area contributed by atoms with Crippen LogP contribution < -0.4 is 5.32 Å². The minimum atomic E-state index is -0.246. The molecule has 0 amide bonds. The number of benzene rings is 1. The Bertz CT molecular complexity index is 905. The Morgan fingerprint density at radius 3 is 2.79 bits per heavy atom. The van der Waals surface area contributed by atoms with E-state index >= 15 is 0 Å². The number of hydrogen-bond acceptors (Lipinski definition) is 4. The average molecular weight is 338 g/mol. The maximum atomic E-state index is 13.0. The fourth-order valence-electron chi connectivity index (χ4n) is 2.50. The van der Waals surface area contributed by atoms with Crippen LogP contribution in [0.15, 0.2) is 60.1 Å². The molecule has 3 aromatic rings. The highest BCUT2D eigenvalue weighted by atomic mass is 32.1. The van der Waals surface area contributed by atoms with Crippen molar-refractivity contribution in [3.63, 3.8) is 0 Å². The van der Waals surface area contributed by atoms with Crippen molar-refractivity contribution in [1.29, 1.82) is 0 Å². The first-order valence-corrected chi connectivity index (χ1v) is 8.57. The first-order valence-electron chi connectivity index (χ1n) is 7.69. The predicted octanol–water partition coefficient (Wildman–Crippen LogP) is 5.08. The smallest absolute Gasteiger partial charge is 0.188 e. The third kappa shape index (κ3) is 3.14. The number of nitrogens with one attached hydrogen (secondary N) is 1. The lowest BCUT2D eigenvalue weighted by molar-refractivity contribution is 0.628. The second kappa shape index (κ2) is 6.41. The first-order chi connectivity index (χ1) is 11.8. The van der Waals surface area contributed by atoms with E-state index in [1.165, 1.54) is 23.5 Å². The molecule has 0 spiro atoms. The number of rotatable bonds is 4. The van der Waals surface area contributed by atoms with Gasteiger partial charge in [0.15, 0.2) is 10.9 Å². The SMILES string of the molecule is Fc1ccc(-c2csc(Nc3ccn(C4=CCCC=C4)n3)n2)cc1. The summed E-state index contributed by atoms with van der Waals surface area (Å²) in [7, 11) is 0.